The third-order valence-corrected chi connectivity index (χ3v) is 4.66. The largest absolute Gasteiger partial charge is 4.00 e. The van der Waals surface area contributed by atoms with Gasteiger partial charge in [0.1, 0.15) is 0 Å². The predicted octanol–water partition coefficient (Wildman–Crippen LogP) is 5.11. The van der Waals surface area contributed by atoms with E-state index in [1.165, 1.54) is 25.4 Å². The molecule has 0 bridgehead atoms. The fourth-order valence-corrected chi connectivity index (χ4v) is 3.39. The quantitative estimate of drug-likeness (QED) is 0.236. The Labute approximate surface area is 147 Å². The molecule has 0 N–H and O–H groups in total. The van der Waals surface area contributed by atoms with Crippen LogP contribution in [0.5, 0.6) is 0 Å². The Hall–Kier alpha value is 1.47. The summed E-state index contributed by atoms with van der Waals surface area (Å²) in [5.74, 6) is 0.761. The van der Waals surface area contributed by atoms with Gasteiger partial charge in [-0.1, -0.05) is 13.1 Å². The Bertz CT molecular complexity index is 154. The van der Waals surface area contributed by atoms with E-state index >= 15 is 0 Å². The summed E-state index contributed by atoms with van der Waals surface area (Å²) >= 11 is 6.15. The molecule has 114 valence electrons. The van der Waals surface area contributed by atoms with Crippen molar-refractivity contribution < 1.29 is 25.8 Å². The second-order valence-corrected chi connectivity index (χ2v) is 6.78. The van der Waals surface area contributed by atoms with E-state index in [1.807, 2.05) is 7.05 Å². The predicted molar refractivity (Wildman–Crippen MR) is 90.8 cm³/mol. The first kappa shape index (κ1) is 28.6. The first-order valence-corrected chi connectivity index (χ1v) is 8.34. The normalized spacial score (nSPS) is 21.6. The molecule has 1 aliphatic rings. The minimum Gasteiger partial charge on any atom is -0.668 e. The van der Waals surface area contributed by atoms with Crippen molar-refractivity contribution in [3.8, 4) is 0 Å². The molecular formula is C13H31ClHfN3P. The van der Waals surface area contributed by atoms with Crippen LogP contribution < -0.4 is 0 Å². The standard InChI is InChI=1S/C8H16ClNP.2C2H6N.CH3.Hf/c1-10-11(2)6-7-4-3-5-8(7)9;2*1-3-2;;/h7-8H,3-6H2,1-2H3;2*1-2H3;1H3;/q4*-1;+4/t7-,8?,11?;;;;/m0..../s1. The van der Waals surface area contributed by atoms with Gasteiger partial charge in [0.15, 0.2) is 0 Å². The van der Waals surface area contributed by atoms with Crippen molar-refractivity contribution >= 4 is 19.7 Å². The summed E-state index contributed by atoms with van der Waals surface area (Å²) < 4.78 is 0. The molecule has 0 aromatic heterocycles. The summed E-state index contributed by atoms with van der Waals surface area (Å²) in [6.45, 7) is 2.23. The van der Waals surface area contributed by atoms with Crippen LogP contribution in [0.15, 0.2) is 0 Å². The Morgan fingerprint density at radius 2 is 1.47 bits per heavy atom. The van der Waals surface area contributed by atoms with Crippen LogP contribution in [0.25, 0.3) is 15.7 Å². The number of alkyl halides is 1. The first-order valence-electron chi connectivity index (χ1n) is 5.98. The zero-order valence-corrected chi connectivity index (χ0v) is 18.9. The summed E-state index contributed by atoms with van der Waals surface area (Å²) in [5.41, 5.74) is 0. The molecular weight excluding hydrogens is 443 g/mol. The van der Waals surface area contributed by atoms with Crippen molar-refractivity contribution in [1.29, 1.82) is 0 Å². The molecule has 0 aromatic rings. The van der Waals surface area contributed by atoms with E-state index < -0.39 is 0 Å². The maximum Gasteiger partial charge on any atom is 4.00 e. The Morgan fingerprint density at radius 1 is 1.05 bits per heavy atom. The molecule has 0 radical (unpaired) electrons. The molecule has 1 aliphatic carbocycles. The summed E-state index contributed by atoms with van der Waals surface area (Å²) in [6, 6.07) is 0. The van der Waals surface area contributed by atoms with Gasteiger partial charge in [-0.25, -0.2) is 8.07 Å². The molecule has 3 atom stereocenters. The SMILES string of the molecule is C[N-]C.C[N-]C.C[N-]P(C)C[C@@H]1CCCC1Cl.[CH3-].[Hf+4]. The van der Waals surface area contributed by atoms with E-state index in [0.29, 0.717) is 5.38 Å². The van der Waals surface area contributed by atoms with Gasteiger partial charge in [0.05, 0.1) is 0 Å². The Kier molecular flexibility index (Phi) is 32.8. The van der Waals surface area contributed by atoms with Gasteiger partial charge in [0.2, 0.25) is 0 Å². The van der Waals surface area contributed by atoms with Crippen molar-refractivity contribution in [2.75, 3.05) is 48.1 Å². The number of hydrogen-bond donors (Lipinski definition) is 0. The van der Waals surface area contributed by atoms with E-state index in [4.69, 9.17) is 11.6 Å². The number of hydrogen-bond acceptors (Lipinski definition) is 0. The van der Waals surface area contributed by atoms with E-state index in [9.17, 15) is 0 Å². The van der Waals surface area contributed by atoms with Crippen molar-refractivity contribution in [3.05, 3.63) is 23.1 Å². The van der Waals surface area contributed by atoms with Crippen LogP contribution in [0.2, 0.25) is 0 Å². The molecule has 2 unspecified atom stereocenters. The topological polar surface area (TPSA) is 42.3 Å². The van der Waals surface area contributed by atoms with Crippen molar-refractivity contribution in [1.82, 2.24) is 0 Å². The van der Waals surface area contributed by atoms with Gasteiger partial charge in [-0.05, 0) is 24.9 Å². The zero-order valence-electron chi connectivity index (χ0n) is 13.6. The van der Waals surface area contributed by atoms with Crippen LogP contribution in [0.4, 0.5) is 0 Å². The summed E-state index contributed by atoms with van der Waals surface area (Å²) in [4.78, 5) is 0. The molecule has 0 heterocycles. The Morgan fingerprint density at radius 3 is 1.74 bits per heavy atom. The van der Waals surface area contributed by atoms with E-state index in [2.05, 4.69) is 22.4 Å². The van der Waals surface area contributed by atoms with Gasteiger partial charge < -0.3 is 23.1 Å². The molecule has 0 aliphatic heterocycles. The molecule has 0 spiro atoms. The van der Waals surface area contributed by atoms with Crippen molar-refractivity contribution in [3.63, 3.8) is 0 Å². The second-order valence-electron chi connectivity index (χ2n) is 4.14. The second kappa shape index (κ2) is 21.8. The van der Waals surface area contributed by atoms with Gasteiger partial charge >= 0.3 is 25.8 Å². The van der Waals surface area contributed by atoms with Gasteiger partial charge in [0.25, 0.3) is 0 Å². The molecule has 0 aromatic carbocycles. The smallest absolute Gasteiger partial charge is 0.668 e. The maximum absolute atomic E-state index is 6.15. The summed E-state index contributed by atoms with van der Waals surface area (Å²) in [5, 5.41) is 11.7. The van der Waals surface area contributed by atoms with E-state index in [-0.39, 0.29) is 41.3 Å². The maximum atomic E-state index is 6.15. The Balaban J connectivity index is -0.000000122. The van der Waals surface area contributed by atoms with Crippen molar-refractivity contribution in [2.45, 2.75) is 24.6 Å². The third-order valence-electron chi connectivity index (χ3n) is 2.41. The molecule has 1 fully saturated rings. The molecule has 0 saturated heterocycles. The van der Waals surface area contributed by atoms with E-state index in [0.717, 1.165) is 5.92 Å². The fraction of sp³-hybridized carbons (Fsp3) is 0.923. The average Bonchev–Trinajstić information content (AvgIpc) is 2.66. The monoisotopic (exact) mass is 475 g/mol. The van der Waals surface area contributed by atoms with Gasteiger partial charge in [-0.15, -0.1) is 11.6 Å². The van der Waals surface area contributed by atoms with Gasteiger partial charge in [0, 0.05) is 5.38 Å². The molecule has 6 heteroatoms. The van der Waals surface area contributed by atoms with Gasteiger partial charge in [-0.2, -0.15) is 35.2 Å². The van der Waals surface area contributed by atoms with Crippen LogP contribution in [0.3, 0.4) is 0 Å². The van der Waals surface area contributed by atoms with E-state index in [1.54, 1.807) is 28.2 Å². The molecule has 0 amide bonds. The molecule has 3 nitrogen and oxygen atoms in total. The molecule has 1 rings (SSSR count). The summed E-state index contributed by atoms with van der Waals surface area (Å²) in [6.07, 6.45) is 5.13. The third kappa shape index (κ3) is 19.5. The summed E-state index contributed by atoms with van der Waals surface area (Å²) in [7, 11) is 8.85. The van der Waals surface area contributed by atoms with Crippen LogP contribution in [0.1, 0.15) is 19.3 Å². The zero-order chi connectivity index (χ0) is 13.7. The van der Waals surface area contributed by atoms with Gasteiger partial charge in [-0.3, -0.25) is 0 Å². The number of nitrogens with zero attached hydrogens (tertiary/aromatic N) is 3. The minimum absolute atomic E-state index is 0. The minimum atomic E-state index is -0.0754. The molecule has 19 heavy (non-hydrogen) atoms. The number of rotatable bonds is 3. The fourth-order valence-electron chi connectivity index (χ4n) is 1.62. The van der Waals surface area contributed by atoms with Crippen LogP contribution in [0, 0.1) is 13.3 Å². The molecule has 1 saturated carbocycles. The first-order chi connectivity index (χ1) is 8.06. The van der Waals surface area contributed by atoms with Crippen LogP contribution in [-0.4, -0.2) is 53.4 Å². The van der Waals surface area contributed by atoms with Crippen molar-refractivity contribution in [2.24, 2.45) is 5.92 Å². The number of halogens is 1. The van der Waals surface area contributed by atoms with Crippen LogP contribution >= 0.6 is 19.7 Å². The van der Waals surface area contributed by atoms with Crippen LogP contribution in [-0.2, 0) is 25.8 Å². The average molecular weight is 474 g/mol.